The molecule has 0 aliphatic heterocycles. The molecule has 3 N–H and O–H groups in total. The topological polar surface area (TPSA) is 69.6 Å². The predicted octanol–water partition coefficient (Wildman–Crippen LogP) is 0.210. The first-order chi connectivity index (χ1) is 5.36. The molecule has 12 heavy (non-hydrogen) atoms. The van der Waals surface area contributed by atoms with Crippen LogP contribution in [-0.4, -0.2) is 34.4 Å². The van der Waals surface area contributed by atoms with E-state index < -0.39 is 11.5 Å². The van der Waals surface area contributed by atoms with E-state index in [1.165, 1.54) is 0 Å². The molecule has 0 aliphatic rings. The summed E-state index contributed by atoms with van der Waals surface area (Å²) in [6, 6.07) is 0. The molecule has 0 amide bonds. The van der Waals surface area contributed by atoms with Gasteiger partial charge >= 0.3 is 5.97 Å². The molecule has 0 aromatic heterocycles. The maximum Gasteiger partial charge on any atom is 0.323 e. The van der Waals surface area contributed by atoms with E-state index in [1.54, 1.807) is 20.8 Å². The van der Waals surface area contributed by atoms with Crippen LogP contribution >= 0.6 is 0 Å². The third-order valence-electron chi connectivity index (χ3n) is 1.66. The van der Waals surface area contributed by atoms with Crippen LogP contribution in [0.5, 0.6) is 0 Å². The first kappa shape index (κ1) is 11.4. The molecule has 4 heteroatoms. The number of rotatable bonds is 5. The van der Waals surface area contributed by atoms with Crippen LogP contribution in [0.2, 0.25) is 0 Å². The summed E-state index contributed by atoms with van der Waals surface area (Å²) in [7, 11) is 0. The van der Waals surface area contributed by atoms with Crippen LogP contribution < -0.4 is 5.32 Å². The first-order valence-corrected chi connectivity index (χ1v) is 4.03. The molecule has 0 aliphatic carbocycles. The van der Waals surface area contributed by atoms with E-state index in [9.17, 15) is 4.79 Å². The van der Waals surface area contributed by atoms with E-state index in [4.69, 9.17) is 10.2 Å². The van der Waals surface area contributed by atoms with Crippen LogP contribution in [0.4, 0.5) is 0 Å². The number of hydrogen-bond acceptors (Lipinski definition) is 3. The lowest BCUT2D eigenvalue weighted by atomic mass is 10.1. The van der Waals surface area contributed by atoms with Gasteiger partial charge in [0.15, 0.2) is 0 Å². The van der Waals surface area contributed by atoms with Gasteiger partial charge in [0.25, 0.3) is 0 Å². The Hall–Kier alpha value is -0.610. The molecule has 0 bridgehead atoms. The first-order valence-electron chi connectivity index (χ1n) is 4.03. The maximum atomic E-state index is 10.6. The lowest BCUT2D eigenvalue weighted by molar-refractivity contribution is -0.143. The van der Waals surface area contributed by atoms with Crippen molar-refractivity contribution in [3.63, 3.8) is 0 Å². The van der Waals surface area contributed by atoms with Crippen molar-refractivity contribution in [2.75, 3.05) is 6.54 Å². The van der Waals surface area contributed by atoms with Crippen molar-refractivity contribution in [2.24, 2.45) is 0 Å². The molecule has 0 heterocycles. The quantitative estimate of drug-likeness (QED) is 0.558. The molecule has 72 valence electrons. The molecule has 0 radical (unpaired) electrons. The Labute approximate surface area is 72.6 Å². The van der Waals surface area contributed by atoms with Gasteiger partial charge in [-0.15, -0.1) is 0 Å². The lowest BCUT2D eigenvalue weighted by Gasteiger charge is -2.21. The number of hydrogen-bond donors (Lipinski definition) is 3. The number of aliphatic hydroxyl groups is 1. The number of aliphatic carboxylic acids is 1. The van der Waals surface area contributed by atoms with E-state index in [1.807, 2.05) is 0 Å². The summed E-state index contributed by atoms with van der Waals surface area (Å²) in [5, 5.41) is 20.4. The summed E-state index contributed by atoms with van der Waals surface area (Å²) in [6.07, 6.45) is 0.179. The molecular formula is C8H17NO3. The fraction of sp³-hybridized carbons (Fsp3) is 0.875. The fourth-order valence-corrected chi connectivity index (χ4v) is 0.669. The third kappa shape index (κ3) is 4.31. The van der Waals surface area contributed by atoms with Gasteiger partial charge in [-0.25, -0.2) is 0 Å². The van der Waals surface area contributed by atoms with Crippen molar-refractivity contribution >= 4 is 5.97 Å². The Balaban J connectivity index is 3.69. The van der Waals surface area contributed by atoms with Crippen molar-refractivity contribution < 1.29 is 15.0 Å². The van der Waals surface area contributed by atoms with Gasteiger partial charge < -0.3 is 15.5 Å². The second-order valence-electron chi connectivity index (χ2n) is 3.49. The highest BCUT2D eigenvalue weighted by molar-refractivity contribution is 5.77. The average Bonchev–Trinajstić information content (AvgIpc) is 1.85. The molecule has 0 fully saturated rings. The van der Waals surface area contributed by atoms with Crippen molar-refractivity contribution in [3.8, 4) is 0 Å². The van der Waals surface area contributed by atoms with Gasteiger partial charge in [-0.2, -0.15) is 0 Å². The molecule has 0 aromatic rings. The smallest absolute Gasteiger partial charge is 0.323 e. The third-order valence-corrected chi connectivity index (χ3v) is 1.66. The van der Waals surface area contributed by atoms with Crippen LogP contribution in [0.15, 0.2) is 0 Å². The van der Waals surface area contributed by atoms with Crippen molar-refractivity contribution in [1.82, 2.24) is 5.32 Å². The minimum Gasteiger partial charge on any atom is -0.480 e. The molecule has 0 spiro atoms. The van der Waals surface area contributed by atoms with Gasteiger partial charge in [-0.1, -0.05) is 0 Å². The van der Waals surface area contributed by atoms with Crippen molar-refractivity contribution in [2.45, 2.75) is 38.8 Å². The number of aliphatic hydroxyl groups excluding tert-OH is 1. The average molecular weight is 175 g/mol. The predicted molar refractivity (Wildman–Crippen MR) is 46.0 cm³/mol. The van der Waals surface area contributed by atoms with Gasteiger partial charge in [0, 0.05) is 0 Å². The SMILES string of the molecule is CC(O)CCNC(C)(C)C(=O)O. The van der Waals surface area contributed by atoms with Crippen molar-refractivity contribution in [1.29, 1.82) is 0 Å². The molecule has 0 saturated carbocycles. The Kier molecular flexibility index (Phi) is 4.20. The van der Waals surface area contributed by atoms with Crippen LogP contribution in [0.3, 0.4) is 0 Å². The summed E-state index contributed by atoms with van der Waals surface area (Å²) in [6.45, 7) is 5.38. The Morgan fingerprint density at radius 3 is 2.42 bits per heavy atom. The molecule has 0 aromatic carbocycles. The Morgan fingerprint density at radius 1 is 1.58 bits per heavy atom. The normalized spacial score (nSPS) is 14.3. The second-order valence-corrected chi connectivity index (χ2v) is 3.49. The summed E-state index contributed by atoms with van der Waals surface area (Å²) < 4.78 is 0. The van der Waals surface area contributed by atoms with Gasteiger partial charge in [0.2, 0.25) is 0 Å². The minimum atomic E-state index is -0.908. The zero-order valence-electron chi connectivity index (χ0n) is 7.79. The zero-order valence-corrected chi connectivity index (χ0v) is 7.79. The highest BCUT2D eigenvalue weighted by atomic mass is 16.4. The lowest BCUT2D eigenvalue weighted by Crippen LogP contribution is -2.47. The minimum absolute atomic E-state index is 0.387. The maximum absolute atomic E-state index is 10.6. The van der Waals surface area contributed by atoms with Gasteiger partial charge in [0.1, 0.15) is 5.54 Å². The van der Waals surface area contributed by atoms with Crippen molar-refractivity contribution in [3.05, 3.63) is 0 Å². The van der Waals surface area contributed by atoms with E-state index in [2.05, 4.69) is 5.32 Å². The zero-order chi connectivity index (χ0) is 9.78. The number of carboxylic acid groups (broad SMARTS) is 1. The van der Waals surface area contributed by atoms with Crippen LogP contribution in [0, 0.1) is 0 Å². The molecule has 4 nitrogen and oxygen atoms in total. The number of nitrogens with one attached hydrogen (secondary N) is 1. The fourth-order valence-electron chi connectivity index (χ4n) is 0.669. The summed E-state index contributed by atoms with van der Waals surface area (Å²) >= 11 is 0. The standard InChI is InChI=1S/C8H17NO3/c1-6(10)4-5-9-8(2,3)7(11)12/h6,9-10H,4-5H2,1-3H3,(H,11,12). The monoisotopic (exact) mass is 175 g/mol. The highest BCUT2D eigenvalue weighted by Crippen LogP contribution is 2.01. The summed E-state index contributed by atoms with van der Waals surface area (Å²) in [4.78, 5) is 10.6. The van der Waals surface area contributed by atoms with Gasteiger partial charge in [0.05, 0.1) is 6.10 Å². The Bertz CT molecular complexity index is 154. The molecular weight excluding hydrogens is 158 g/mol. The summed E-state index contributed by atoms with van der Waals surface area (Å²) in [5.74, 6) is -0.881. The molecule has 0 rings (SSSR count). The molecule has 0 saturated heterocycles. The second kappa shape index (κ2) is 4.42. The van der Waals surface area contributed by atoms with E-state index >= 15 is 0 Å². The number of carboxylic acids is 1. The van der Waals surface area contributed by atoms with Crippen LogP contribution in [-0.2, 0) is 4.79 Å². The van der Waals surface area contributed by atoms with E-state index in [0.29, 0.717) is 13.0 Å². The largest absolute Gasteiger partial charge is 0.480 e. The van der Waals surface area contributed by atoms with Crippen LogP contribution in [0.25, 0.3) is 0 Å². The molecule has 1 unspecified atom stereocenters. The molecule has 1 atom stereocenters. The Morgan fingerprint density at radius 2 is 2.08 bits per heavy atom. The highest BCUT2D eigenvalue weighted by Gasteiger charge is 2.25. The van der Waals surface area contributed by atoms with E-state index in [0.717, 1.165) is 0 Å². The number of carbonyl (C=O) groups is 1. The van der Waals surface area contributed by atoms with Crippen LogP contribution in [0.1, 0.15) is 27.2 Å². The van der Waals surface area contributed by atoms with E-state index in [-0.39, 0.29) is 6.10 Å². The summed E-state index contributed by atoms with van der Waals surface area (Å²) in [5.41, 5.74) is -0.908. The van der Waals surface area contributed by atoms with Gasteiger partial charge in [-0.3, -0.25) is 4.79 Å². The van der Waals surface area contributed by atoms with Gasteiger partial charge in [-0.05, 0) is 33.7 Å².